The summed E-state index contributed by atoms with van der Waals surface area (Å²) in [5.74, 6) is 0. The average molecular weight is 391 g/mol. The lowest BCUT2D eigenvalue weighted by molar-refractivity contribution is 0.0792. The summed E-state index contributed by atoms with van der Waals surface area (Å²) in [6.45, 7) is 3.67. The summed E-state index contributed by atoms with van der Waals surface area (Å²) in [5.41, 5.74) is 2.22. The molecule has 0 aliphatic heterocycles. The van der Waals surface area contributed by atoms with Crippen LogP contribution in [0, 0.1) is 0 Å². The van der Waals surface area contributed by atoms with Crippen LogP contribution < -0.4 is 0 Å². The van der Waals surface area contributed by atoms with Crippen molar-refractivity contribution >= 4 is 37.5 Å². The smallest absolute Gasteiger partial charge is 0.0846 e. The highest BCUT2D eigenvalue weighted by atomic mass is 79.9. The van der Waals surface area contributed by atoms with Gasteiger partial charge in [0.25, 0.3) is 0 Å². The van der Waals surface area contributed by atoms with E-state index >= 15 is 0 Å². The normalized spacial score (nSPS) is 12.0. The van der Waals surface area contributed by atoms with E-state index in [1.54, 1.807) is 0 Å². The van der Waals surface area contributed by atoms with Crippen molar-refractivity contribution in [3.63, 3.8) is 0 Å². The molecule has 0 amide bonds. The third kappa shape index (κ3) is 2.86. The maximum Gasteiger partial charge on any atom is 0.0846 e. The molecule has 0 aromatic heterocycles. The van der Waals surface area contributed by atoms with Crippen molar-refractivity contribution in [1.29, 1.82) is 0 Å². The molecule has 0 unspecified atom stereocenters. The lowest BCUT2D eigenvalue weighted by Gasteiger charge is -2.23. The van der Waals surface area contributed by atoms with Crippen LogP contribution in [-0.2, 0) is 5.60 Å². The Bertz CT molecular complexity index is 1090. The standard InChI is InChI=1S/C23H19BrO/c1-23(2,25)22-12-11-16(24)14-21(22)20-13-15-7-3-4-8-17(15)18-9-5-6-10-19(18)20/h3-14,25H,1-2H3. The largest absolute Gasteiger partial charge is 0.386 e. The molecule has 25 heavy (non-hydrogen) atoms. The van der Waals surface area contributed by atoms with Crippen LogP contribution in [0.25, 0.3) is 32.7 Å². The van der Waals surface area contributed by atoms with Crippen molar-refractivity contribution in [3.05, 3.63) is 82.8 Å². The first kappa shape index (κ1) is 16.3. The zero-order valence-corrected chi connectivity index (χ0v) is 15.8. The quantitative estimate of drug-likeness (QED) is 0.379. The van der Waals surface area contributed by atoms with Crippen LogP contribution in [0.3, 0.4) is 0 Å². The molecule has 1 N–H and O–H groups in total. The average Bonchev–Trinajstić information content (AvgIpc) is 2.60. The molecule has 0 atom stereocenters. The van der Waals surface area contributed by atoms with Crippen LogP contribution >= 0.6 is 15.9 Å². The number of aliphatic hydroxyl groups is 1. The molecule has 0 spiro atoms. The second-order valence-electron chi connectivity index (χ2n) is 6.94. The van der Waals surface area contributed by atoms with Gasteiger partial charge in [-0.15, -0.1) is 0 Å². The molecule has 4 aromatic rings. The Balaban J connectivity index is 2.16. The van der Waals surface area contributed by atoms with Gasteiger partial charge in [0.15, 0.2) is 0 Å². The summed E-state index contributed by atoms with van der Waals surface area (Å²) < 4.78 is 1.01. The summed E-state index contributed by atoms with van der Waals surface area (Å²) in [6.07, 6.45) is 0. The van der Waals surface area contributed by atoms with Crippen molar-refractivity contribution in [3.8, 4) is 11.1 Å². The second kappa shape index (κ2) is 5.98. The minimum absolute atomic E-state index is 0.914. The minimum atomic E-state index is -0.914. The third-order valence-corrected chi connectivity index (χ3v) is 5.19. The van der Waals surface area contributed by atoms with Crippen molar-refractivity contribution in [1.82, 2.24) is 0 Å². The summed E-state index contributed by atoms with van der Waals surface area (Å²) in [7, 11) is 0. The fourth-order valence-electron chi connectivity index (χ4n) is 3.55. The van der Waals surface area contributed by atoms with Crippen LogP contribution in [0.5, 0.6) is 0 Å². The van der Waals surface area contributed by atoms with Crippen molar-refractivity contribution in [2.24, 2.45) is 0 Å². The topological polar surface area (TPSA) is 20.2 Å². The van der Waals surface area contributed by atoms with E-state index in [0.717, 1.165) is 21.2 Å². The first-order chi connectivity index (χ1) is 11.9. The monoisotopic (exact) mass is 390 g/mol. The van der Waals surface area contributed by atoms with Crippen molar-refractivity contribution < 1.29 is 5.11 Å². The van der Waals surface area contributed by atoms with Gasteiger partial charge in [-0.1, -0.05) is 70.5 Å². The number of halogens is 1. The van der Waals surface area contributed by atoms with Gasteiger partial charge in [0, 0.05) is 4.47 Å². The van der Waals surface area contributed by atoms with Crippen LogP contribution in [0.2, 0.25) is 0 Å². The number of hydrogen-bond acceptors (Lipinski definition) is 1. The Morgan fingerprint density at radius 2 is 1.36 bits per heavy atom. The van der Waals surface area contributed by atoms with Gasteiger partial charge in [-0.25, -0.2) is 0 Å². The highest BCUT2D eigenvalue weighted by molar-refractivity contribution is 9.10. The molecule has 0 saturated carbocycles. The fraction of sp³-hybridized carbons (Fsp3) is 0.130. The second-order valence-corrected chi connectivity index (χ2v) is 7.86. The Kier molecular flexibility index (Phi) is 3.90. The molecule has 1 nitrogen and oxygen atoms in total. The molecule has 0 aliphatic carbocycles. The highest BCUT2D eigenvalue weighted by Gasteiger charge is 2.22. The predicted octanol–water partition coefficient (Wildman–Crippen LogP) is 6.65. The number of hydrogen-bond donors (Lipinski definition) is 1. The Morgan fingerprint density at radius 1 is 0.720 bits per heavy atom. The van der Waals surface area contributed by atoms with Crippen molar-refractivity contribution in [2.75, 3.05) is 0 Å². The molecule has 0 fully saturated rings. The first-order valence-corrected chi connectivity index (χ1v) is 9.18. The lowest BCUT2D eigenvalue weighted by atomic mass is 9.86. The molecule has 2 heteroatoms. The lowest BCUT2D eigenvalue weighted by Crippen LogP contribution is -2.16. The van der Waals surface area contributed by atoms with Crippen LogP contribution in [0.15, 0.2) is 77.3 Å². The van der Waals surface area contributed by atoms with E-state index in [4.69, 9.17) is 0 Å². The van der Waals surface area contributed by atoms with Crippen LogP contribution in [0.1, 0.15) is 19.4 Å². The summed E-state index contributed by atoms with van der Waals surface area (Å²) in [6, 6.07) is 25.3. The number of fused-ring (bicyclic) bond motifs is 3. The molecule has 4 aromatic carbocycles. The molecule has 0 saturated heterocycles. The maximum absolute atomic E-state index is 10.7. The molecule has 124 valence electrons. The Hall–Kier alpha value is -2.16. The van der Waals surface area contributed by atoms with E-state index in [-0.39, 0.29) is 0 Å². The van der Waals surface area contributed by atoms with E-state index in [0.29, 0.717) is 0 Å². The van der Waals surface area contributed by atoms with Gasteiger partial charge in [0.05, 0.1) is 5.60 Å². The van der Waals surface area contributed by atoms with Gasteiger partial charge in [-0.05, 0) is 70.3 Å². The van der Waals surface area contributed by atoms with Gasteiger partial charge in [0.1, 0.15) is 0 Å². The first-order valence-electron chi connectivity index (χ1n) is 8.38. The number of benzene rings is 4. The van der Waals surface area contributed by atoms with E-state index < -0.39 is 5.60 Å². The maximum atomic E-state index is 10.7. The molecule has 4 rings (SSSR count). The molecule has 0 radical (unpaired) electrons. The Labute approximate surface area is 156 Å². The number of rotatable bonds is 2. The zero-order chi connectivity index (χ0) is 17.6. The van der Waals surface area contributed by atoms with Gasteiger partial charge in [-0.2, -0.15) is 0 Å². The highest BCUT2D eigenvalue weighted by Crippen LogP contribution is 2.40. The van der Waals surface area contributed by atoms with E-state index in [2.05, 4.69) is 76.6 Å². The molecule has 0 heterocycles. The molecule has 0 bridgehead atoms. The summed E-state index contributed by atoms with van der Waals surface area (Å²) in [4.78, 5) is 0. The fourth-order valence-corrected chi connectivity index (χ4v) is 3.91. The SMILES string of the molecule is CC(C)(O)c1ccc(Br)cc1-c1cc2ccccc2c2ccccc12. The van der Waals surface area contributed by atoms with Gasteiger partial charge in [0.2, 0.25) is 0 Å². The van der Waals surface area contributed by atoms with E-state index in [9.17, 15) is 5.11 Å². The van der Waals surface area contributed by atoms with Gasteiger partial charge < -0.3 is 5.11 Å². The van der Waals surface area contributed by atoms with Gasteiger partial charge >= 0.3 is 0 Å². The minimum Gasteiger partial charge on any atom is -0.386 e. The van der Waals surface area contributed by atoms with Crippen LogP contribution in [-0.4, -0.2) is 5.11 Å². The molecular weight excluding hydrogens is 372 g/mol. The van der Waals surface area contributed by atoms with E-state index in [1.807, 2.05) is 26.0 Å². The van der Waals surface area contributed by atoms with Gasteiger partial charge in [-0.3, -0.25) is 0 Å². The molecular formula is C23H19BrO. The summed E-state index contributed by atoms with van der Waals surface area (Å²) in [5, 5.41) is 15.6. The van der Waals surface area contributed by atoms with Crippen LogP contribution in [0.4, 0.5) is 0 Å². The summed E-state index contributed by atoms with van der Waals surface area (Å²) >= 11 is 3.59. The predicted molar refractivity (Wildman–Crippen MR) is 110 cm³/mol. The van der Waals surface area contributed by atoms with E-state index in [1.165, 1.54) is 21.5 Å². The Morgan fingerprint density at radius 3 is 2.08 bits per heavy atom. The molecule has 0 aliphatic rings. The third-order valence-electron chi connectivity index (χ3n) is 4.70. The zero-order valence-electron chi connectivity index (χ0n) is 14.3. The van der Waals surface area contributed by atoms with Crippen molar-refractivity contribution in [2.45, 2.75) is 19.4 Å².